The number of aromatic amines is 1. The maximum absolute atomic E-state index is 11.6. The zero-order valence-corrected chi connectivity index (χ0v) is 9.76. The van der Waals surface area contributed by atoms with Crippen LogP contribution in [-0.2, 0) is 11.2 Å². The van der Waals surface area contributed by atoms with E-state index in [9.17, 15) is 4.79 Å². The molecule has 0 saturated heterocycles. The summed E-state index contributed by atoms with van der Waals surface area (Å²) in [5.41, 5.74) is 1.48. The third-order valence-corrected chi connectivity index (χ3v) is 2.41. The molecule has 4 heteroatoms. The summed E-state index contributed by atoms with van der Waals surface area (Å²) in [6.45, 7) is 8.20. The molecule has 1 atom stereocenters. The lowest BCUT2D eigenvalue weighted by molar-refractivity contribution is 0.0697. The Bertz CT molecular complexity index is 385. The Morgan fingerprint density at radius 3 is 2.67 bits per heavy atom. The minimum Gasteiger partial charge on any atom is -0.371 e. The van der Waals surface area contributed by atoms with Crippen LogP contribution < -0.4 is 5.56 Å². The molecule has 0 aromatic carbocycles. The second kappa shape index (κ2) is 5.07. The molecule has 0 bridgehead atoms. The second-order valence-corrected chi connectivity index (χ2v) is 3.47. The summed E-state index contributed by atoms with van der Waals surface area (Å²) in [7, 11) is 0. The van der Waals surface area contributed by atoms with E-state index >= 15 is 0 Å². The summed E-state index contributed by atoms with van der Waals surface area (Å²) in [4.78, 5) is 18.7. The molecule has 0 aliphatic carbocycles. The van der Waals surface area contributed by atoms with Crippen LogP contribution in [0.15, 0.2) is 4.79 Å². The van der Waals surface area contributed by atoms with Crippen LogP contribution in [0, 0.1) is 6.92 Å². The van der Waals surface area contributed by atoms with E-state index in [0.29, 0.717) is 18.0 Å². The normalized spacial score (nSPS) is 12.8. The Labute approximate surface area is 89.7 Å². The predicted octanol–water partition coefficient (Wildman–Crippen LogP) is 1.74. The van der Waals surface area contributed by atoms with Crippen LogP contribution in [0.1, 0.15) is 44.0 Å². The molecule has 15 heavy (non-hydrogen) atoms. The minimum absolute atomic E-state index is 0.0663. The molecule has 1 heterocycles. The van der Waals surface area contributed by atoms with Crippen LogP contribution in [0.2, 0.25) is 0 Å². The number of H-pyrrole nitrogens is 1. The average Bonchev–Trinajstić information content (AvgIpc) is 2.22. The van der Waals surface area contributed by atoms with E-state index in [-0.39, 0.29) is 11.7 Å². The first-order valence-electron chi connectivity index (χ1n) is 5.31. The number of aryl methyl sites for hydroxylation is 1. The summed E-state index contributed by atoms with van der Waals surface area (Å²) >= 11 is 0. The molecule has 4 nitrogen and oxygen atoms in total. The van der Waals surface area contributed by atoms with Gasteiger partial charge in [0.2, 0.25) is 0 Å². The molecule has 1 aromatic rings. The molecular formula is C11H18N2O2. The van der Waals surface area contributed by atoms with E-state index in [1.807, 2.05) is 20.8 Å². The summed E-state index contributed by atoms with van der Waals surface area (Å²) in [5.74, 6) is 0.615. The van der Waals surface area contributed by atoms with Gasteiger partial charge in [-0.05, 0) is 27.2 Å². The number of nitrogens with zero attached hydrogens (tertiary/aromatic N) is 1. The minimum atomic E-state index is -0.159. The Kier molecular flexibility index (Phi) is 4.03. The number of rotatable bonds is 4. The molecule has 84 valence electrons. The molecule has 0 fully saturated rings. The van der Waals surface area contributed by atoms with E-state index in [4.69, 9.17) is 4.74 Å². The highest BCUT2D eigenvalue weighted by Crippen LogP contribution is 2.11. The Hall–Kier alpha value is -1.16. The topological polar surface area (TPSA) is 55.0 Å². The first-order valence-corrected chi connectivity index (χ1v) is 5.31. The molecule has 0 spiro atoms. The largest absolute Gasteiger partial charge is 0.371 e. The van der Waals surface area contributed by atoms with Crippen LogP contribution in [-0.4, -0.2) is 16.6 Å². The van der Waals surface area contributed by atoms with Crippen LogP contribution in [0.4, 0.5) is 0 Å². The highest BCUT2D eigenvalue weighted by Gasteiger charge is 2.11. The van der Waals surface area contributed by atoms with Crippen molar-refractivity contribution in [3.63, 3.8) is 0 Å². The fourth-order valence-electron chi connectivity index (χ4n) is 1.46. The van der Waals surface area contributed by atoms with E-state index in [2.05, 4.69) is 9.97 Å². The van der Waals surface area contributed by atoms with Crippen LogP contribution in [0.5, 0.6) is 0 Å². The van der Waals surface area contributed by atoms with Gasteiger partial charge in [0, 0.05) is 12.2 Å². The molecule has 1 aromatic heterocycles. The molecule has 0 aliphatic rings. The maximum Gasteiger partial charge on any atom is 0.254 e. The smallest absolute Gasteiger partial charge is 0.254 e. The molecule has 0 amide bonds. The summed E-state index contributed by atoms with van der Waals surface area (Å²) < 4.78 is 5.39. The van der Waals surface area contributed by atoms with Crippen molar-refractivity contribution in [1.82, 2.24) is 9.97 Å². The van der Waals surface area contributed by atoms with Crippen molar-refractivity contribution in [3.05, 3.63) is 27.4 Å². The van der Waals surface area contributed by atoms with Crippen LogP contribution >= 0.6 is 0 Å². The Morgan fingerprint density at radius 2 is 2.13 bits per heavy atom. The average molecular weight is 210 g/mol. The monoisotopic (exact) mass is 210 g/mol. The first kappa shape index (κ1) is 11.9. The molecule has 0 saturated carbocycles. The van der Waals surface area contributed by atoms with Crippen LogP contribution in [0.25, 0.3) is 0 Å². The van der Waals surface area contributed by atoms with Gasteiger partial charge in [-0.15, -0.1) is 0 Å². The Balaban J connectivity index is 3.11. The predicted molar refractivity (Wildman–Crippen MR) is 59.0 cm³/mol. The zero-order valence-electron chi connectivity index (χ0n) is 9.76. The number of ether oxygens (including phenoxy) is 1. The lowest BCUT2D eigenvalue weighted by Crippen LogP contribution is -2.19. The summed E-state index contributed by atoms with van der Waals surface area (Å²) in [6.07, 6.45) is 0.607. The van der Waals surface area contributed by atoms with Gasteiger partial charge < -0.3 is 9.72 Å². The van der Waals surface area contributed by atoms with Crippen molar-refractivity contribution in [2.75, 3.05) is 6.61 Å². The van der Waals surface area contributed by atoms with Gasteiger partial charge >= 0.3 is 0 Å². The SMILES string of the molecule is CCOC(C)c1nc(CC)c(C)c(=O)[nH]1. The standard InChI is InChI=1S/C11H18N2O2/c1-5-9-7(3)11(14)13-10(12-9)8(4)15-6-2/h8H,5-6H2,1-4H3,(H,12,13,14). The van der Waals surface area contributed by atoms with Gasteiger partial charge in [-0.1, -0.05) is 6.92 Å². The van der Waals surface area contributed by atoms with Gasteiger partial charge in [0.25, 0.3) is 5.56 Å². The third-order valence-electron chi connectivity index (χ3n) is 2.41. The highest BCUT2D eigenvalue weighted by atomic mass is 16.5. The molecule has 1 unspecified atom stereocenters. The van der Waals surface area contributed by atoms with Crippen molar-refractivity contribution in [2.24, 2.45) is 0 Å². The lowest BCUT2D eigenvalue weighted by atomic mass is 10.2. The number of aromatic nitrogens is 2. The van der Waals surface area contributed by atoms with Crippen molar-refractivity contribution >= 4 is 0 Å². The zero-order chi connectivity index (χ0) is 11.4. The van der Waals surface area contributed by atoms with E-state index in [0.717, 1.165) is 12.1 Å². The van der Waals surface area contributed by atoms with E-state index < -0.39 is 0 Å². The second-order valence-electron chi connectivity index (χ2n) is 3.47. The maximum atomic E-state index is 11.6. The molecule has 0 aliphatic heterocycles. The molecular weight excluding hydrogens is 192 g/mol. The summed E-state index contributed by atoms with van der Waals surface area (Å²) in [5, 5.41) is 0. The number of hydrogen-bond acceptors (Lipinski definition) is 3. The van der Waals surface area contributed by atoms with Gasteiger partial charge in [-0.3, -0.25) is 4.79 Å². The Morgan fingerprint density at radius 1 is 1.47 bits per heavy atom. The molecule has 1 N–H and O–H groups in total. The van der Waals surface area contributed by atoms with Gasteiger partial charge in [-0.25, -0.2) is 4.98 Å². The fraction of sp³-hybridized carbons (Fsp3) is 0.636. The van der Waals surface area contributed by atoms with Gasteiger partial charge in [0.15, 0.2) is 0 Å². The third kappa shape index (κ3) is 2.65. The van der Waals surface area contributed by atoms with Crippen molar-refractivity contribution < 1.29 is 4.74 Å². The van der Waals surface area contributed by atoms with E-state index in [1.165, 1.54) is 0 Å². The summed E-state index contributed by atoms with van der Waals surface area (Å²) in [6, 6.07) is 0. The fourth-order valence-corrected chi connectivity index (χ4v) is 1.46. The van der Waals surface area contributed by atoms with Crippen molar-refractivity contribution in [1.29, 1.82) is 0 Å². The van der Waals surface area contributed by atoms with E-state index in [1.54, 1.807) is 6.92 Å². The van der Waals surface area contributed by atoms with Gasteiger partial charge in [-0.2, -0.15) is 0 Å². The van der Waals surface area contributed by atoms with Gasteiger partial charge in [0.05, 0.1) is 5.69 Å². The number of nitrogens with one attached hydrogen (secondary N) is 1. The van der Waals surface area contributed by atoms with Crippen LogP contribution in [0.3, 0.4) is 0 Å². The van der Waals surface area contributed by atoms with Crippen molar-refractivity contribution in [2.45, 2.75) is 40.2 Å². The number of hydrogen-bond donors (Lipinski definition) is 1. The van der Waals surface area contributed by atoms with Gasteiger partial charge in [0.1, 0.15) is 11.9 Å². The quantitative estimate of drug-likeness (QED) is 0.823. The lowest BCUT2D eigenvalue weighted by Gasteiger charge is -2.12. The highest BCUT2D eigenvalue weighted by molar-refractivity contribution is 5.16. The first-order chi connectivity index (χ1) is 7.10. The van der Waals surface area contributed by atoms with Crippen molar-refractivity contribution in [3.8, 4) is 0 Å². The molecule has 0 radical (unpaired) electrons. The molecule has 1 rings (SSSR count).